The Hall–Kier alpha value is -2.12. The fourth-order valence-electron chi connectivity index (χ4n) is 2.75. The molecule has 0 saturated carbocycles. The van der Waals surface area contributed by atoms with Gasteiger partial charge in [-0.15, -0.1) is 0 Å². The maximum atomic E-state index is 13.1. The van der Waals surface area contributed by atoms with Crippen LogP contribution < -0.4 is 9.64 Å². The molecule has 0 saturated heterocycles. The average Bonchev–Trinajstić information content (AvgIpc) is 2.97. The Labute approximate surface area is 161 Å². The van der Waals surface area contributed by atoms with Gasteiger partial charge in [0, 0.05) is 15.6 Å². The minimum Gasteiger partial charge on any atom is -0.481 e. The van der Waals surface area contributed by atoms with E-state index in [1.165, 1.54) is 10.3 Å². The molecular weight excluding hydrogens is 418 g/mol. The molecule has 26 heavy (non-hydrogen) atoms. The Morgan fingerprint density at radius 2 is 1.81 bits per heavy atom. The number of sulfone groups is 1. The quantitative estimate of drug-likeness (QED) is 0.719. The molecule has 1 aliphatic heterocycles. The van der Waals surface area contributed by atoms with Crippen LogP contribution in [0.25, 0.3) is 0 Å². The van der Waals surface area contributed by atoms with Crippen LogP contribution in [-0.4, -0.2) is 32.2 Å². The lowest BCUT2D eigenvalue weighted by Gasteiger charge is -2.30. The van der Waals surface area contributed by atoms with Crippen molar-refractivity contribution < 1.29 is 17.9 Å². The van der Waals surface area contributed by atoms with Crippen molar-refractivity contribution in [1.29, 1.82) is 0 Å². The Kier molecular flexibility index (Phi) is 5.48. The van der Waals surface area contributed by atoms with Gasteiger partial charge in [-0.2, -0.15) is 0 Å². The molecule has 0 N–H and O–H groups in total. The number of anilines is 1. The van der Waals surface area contributed by atoms with Gasteiger partial charge >= 0.3 is 0 Å². The van der Waals surface area contributed by atoms with Crippen molar-refractivity contribution in [3.63, 3.8) is 0 Å². The van der Waals surface area contributed by atoms with E-state index in [0.717, 1.165) is 4.47 Å². The fourth-order valence-corrected chi connectivity index (χ4v) is 4.29. The largest absolute Gasteiger partial charge is 0.481 e. The van der Waals surface area contributed by atoms with E-state index in [1.807, 2.05) is 30.3 Å². The lowest BCUT2D eigenvalue weighted by Crippen LogP contribution is -2.47. The maximum Gasteiger partial charge on any atom is 0.268 e. The monoisotopic (exact) mass is 435 g/mol. The SMILES string of the molecule is C[C@H](Oc1ccccc1)C(=O)N(c1ccc(Br)cc1)[C@H]1C=CS(=O)(=O)C1. The van der Waals surface area contributed by atoms with E-state index >= 15 is 0 Å². The molecule has 1 amide bonds. The van der Waals surface area contributed by atoms with Crippen LogP contribution >= 0.6 is 15.9 Å². The van der Waals surface area contributed by atoms with E-state index in [-0.39, 0.29) is 11.7 Å². The zero-order chi connectivity index (χ0) is 18.7. The number of para-hydroxylation sites is 1. The zero-order valence-corrected chi connectivity index (χ0v) is 16.5. The number of carbonyl (C=O) groups excluding carboxylic acids is 1. The lowest BCUT2D eigenvalue weighted by molar-refractivity contribution is -0.124. The van der Waals surface area contributed by atoms with Crippen molar-refractivity contribution in [1.82, 2.24) is 0 Å². The number of hydrogen-bond donors (Lipinski definition) is 0. The van der Waals surface area contributed by atoms with Gasteiger partial charge in [0.1, 0.15) is 5.75 Å². The molecule has 0 aromatic heterocycles. The maximum absolute atomic E-state index is 13.1. The van der Waals surface area contributed by atoms with Gasteiger partial charge in [-0.3, -0.25) is 4.79 Å². The van der Waals surface area contributed by atoms with Gasteiger partial charge in [-0.05, 0) is 49.4 Å². The van der Waals surface area contributed by atoms with Crippen LogP contribution in [-0.2, 0) is 14.6 Å². The van der Waals surface area contributed by atoms with Crippen molar-refractivity contribution in [2.24, 2.45) is 0 Å². The number of ether oxygens (including phenoxy) is 1. The van der Waals surface area contributed by atoms with E-state index < -0.39 is 22.0 Å². The lowest BCUT2D eigenvalue weighted by atomic mass is 10.2. The molecule has 136 valence electrons. The molecule has 0 aliphatic carbocycles. The highest BCUT2D eigenvalue weighted by molar-refractivity contribution is 9.10. The van der Waals surface area contributed by atoms with E-state index in [2.05, 4.69) is 15.9 Å². The Bertz CT molecular complexity index is 910. The summed E-state index contributed by atoms with van der Waals surface area (Å²) in [7, 11) is -3.30. The van der Waals surface area contributed by atoms with Gasteiger partial charge in [0.25, 0.3) is 5.91 Å². The van der Waals surface area contributed by atoms with Crippen LogP contribution in [0.4, 0.5) is 5.69 Å². The van der Waals surface area contributed by atoms with Gasteiger partial charge in [-0.1, -0.05) is 34.1 Å². The van der Waals surface area contributed by atoms with Crippen LogP contribution in [0, 0.1) is 0 Å². The Morgan fingerprint density at radius 1 is 1.15 bits per heavy atom. The molecule has 1 heterocycles. The van der Waals surface area contributed by atoms with Crippen molar-refractivity contribution in [2.75, 3.05) is 10.7 Å². The Morgan fingerprint density at radius 3 is 2.38 bits per heavy atom. The predicted octanol–water partition coefficient (Wildman–Crippen LogP) is 3.56. The molecule has 0 bridgehead atoms. The van der Waals surface area contributed by atoms with Gasteiger partial charge < -0.3 is 9.64 Å². The van der Waals surface area contributed by atoms with Crippen LogP contribution in [0.2, 0.25) is 0 Å². The molecule has 0 radical (unpaired) electrons. The molecule has 1 aliphatic rings. The first-order valence-corrected chi connectivity index (χ1v) is 10.6. The number of benzene rings is 2. The van der Waals surface area contributed by atoms with E-state index in [1.54, 1.807) is 37.3 Å². The van der Waals surface area contributed by atoms with Crippen LogP contribution in [0.3, 0.4) is 0 Å². The first-order chi connectivity index (χ1) is 12.4. The molecule has 2 aromatic carbocycles. The van der Waals surface area contributed by atoms with Crippen molar-refractivity contribution in [3.05, 3.63) is 70.6 Å². The third-order valence-electron chi connectivity index (χ3n) is 3.99. The highest BCUT2D eigenvalue weighted by Gasteiger charge is 2.34. The molecule has 0 spiro atoms. The summed E-state index contributed by atoms with van der Waals surface area (Å²) in [5.41, 5.74) is 0.619. The number of amides is 1. The fraction of sp³-hybridized carbons (Fsp3) is 0.211. The standard InChI is InChI=1S/C19H18BrNO4S/c1-14(25-18-5-3-2-4-6-18)19(22)21(16-9-7-15(20)8-10-16)17-11-12-26(23,24)13-17/h2-12,14,17H,13H2,1H3/t14-,17-/m0/s1. The molecule has 5 nitrogen and oxygen atoms in total. The molecule has 7 heteroatoms. The summed E-state index contributed by atoms with van der Waals surface area (Å²) < 4.78 is 30.3. The third kappa shape index (κ3) is 4.34. The highest BCUT2D eigenvalue weighted by Crippen LogP contribution is 2.26. The van der Waals surface area contributed by atoms with Crippen LogP contribution in [0.1, 0.15) is 6.92 Å². The number of nitrogens with zero attached hydrogens (tertiary/aromatic N) is 1. The molecule has 0 unspecified atom stereocenters. The van der Waals surface area contributed by atoms with E-state index in [9.17, 15) is 13.2 Å². The molecule has 2 atom stereocenters. The molecule has 2 aromatic rings. The van der Waals surface area contributed by atoms with Crippen LogP contribution in [0.5, 0.6) is 5.75 Å². The second-order valence-electron chi connectivity index (χ2n) is 5.98. The second-order valence-corrected chi connectivity index (χ2v) is 8.83. The van der Waals surface area contributed by atoms with Crippen LogP contribution in [0.15, 0.2) is 70.6 Å². The predicted molar refractivity (Wildman–Crippen MR) is 105 cm³/mol. The van der Waals surface area contributed by atoms with E-state index in [0.29, 0.717) is 11.4 Å². The first-order valence-electron chi connectivity index (χ1n) is 8.07. The van der Waals surface area contributed by atoms with Gasteiger partial charge in [0.15, 0.2) is 15.9 Å². The molecular formula is C19H18BrNO4S. The molecule has 3 rings (SSSR count). The zero-order valence-electron chi connectivity index (χ0n) is 14.1. The summed E-state index contributed by atoms with van der Waals surface area (Å²) in [5, 5.41) is 1.17. The normalized spacial score (nSPS) is 19.1. The average molecular weight is 436 g/mol. The summed E-state index contributed by atoms with van der Waals surface area (Å²) in [6, 6.07) is 15.7. The van der Waals surface area contributed by atoms with Crippen molar-refractivity contribution >= 4 is 37.4 Å². The minimum atomic E-state index is -3.30. The second kappa shape index (κ2) is 7.63. The summed E-state index contributed by atoms with van der Waals surface area (Å²) in [6.45, 7) is 1.66. The summed E-state index contributed by atoms with van der Waals surface area (Å²) >= 11 is 3.37. The first kappa shape index (κ1) is 18.7. The summed E-state index contributed by atoms with van der Waals surface area (Å²) in [6.07, 6.45) is 0.780. The van der Waals surface area contributed by atoms with Crippen molar-refractivity contribution in [2.45, 2.75) is 19.1 Å². The summed E-state index contributed by atoms with van der Waals surface area (Å²) in [4.78, 5) is 14.6. The minimum absolute atomic E-state index is 0.132. The topological polar surface area (TPSA) is 63.7 Å². The van der Waals surface area contributed by atoms with Crippen molar-refractivity contribution in [3.8, 4) is 5.75 Å². The van der Waals surface area contributed by atoms with Gasteiger partial charge in [-0.25, -0.2) is 8.42 Å². The summed E-state index contributed by atoms with van der Waals surface area (Å²) in [5.74, 6) is 0.147. The van der Waals surface area contributed by atoms with Gasteiger partial charge in [0.05, 0.1) is 11.8 Å². The van der Waals surface area contributed by atoms with Gasteiger partial charge in [0.2, 0.25) is 0 Å². The number of hydrogen-bond acceptors (Lipinski definition) is 4. The third-order valence-corrected chi connectivity index (χ3v) is 5.90. The van der Waals surface area contributed by atoms with E-state index in [4.69, 9.17) is 4.74 Å². The number of halogens is 1. The number of rotatable bonds is 5. The Balaban J connectivity index is 1.88. The smallest absolute Gasteiger partial charge is 0.268 e. The number of carbonyl (C=O) groups is 1. The molecule has 0 fully saturated rings. The highest BCUT2D eigenvalue weighted by atomic mass is 79.9.